The number of benzene rings is 2. The van der Waals surface area contributed by atoms with E-state index < -0.39 is 17.6 Å². The van der Waals surface area contributed by atoms with Gasteiger partial charge in [-0.2, -0.15) is 13.2 Å². The first kappa shape index (κ1) is 21.3. The zero-order valence-electron chi connectivity index (χ0n) is 15.6. The Morgan fingerprint density at radius 3 is 2.53 bits per heavy atom. The van der Waals surface area contributed by atoms with Gasteiger partial charge in [0.15, 0.2) is 0 Å². The maximum atomic E-state index is 12.8. The van der Waals surface area contributed by atoms with Gasteiger partial charge in [-0.3, -0.25) is 4.79 Å². The van der Waals surface area contributed by atoms with Gasteiger partial charge in [0.1, 0.15) is 5.75 Å². The molecule has 30 heavy (non-hydrogen) atoms. The molecule has 9 heteroatoms. The summed E-state index contributed by atoms with van der Waals surface area (Å²) in [6.07, 6.45) is 0.941. The summed E-state index contributed by atoms with van der Waals surface area (Å²) >= 11 is 5.92. The minimum atomic E-state index is -4.50. The van der Waals surface area contributed by atoms with Gasteiger partial charge < -0.3 is 10.1 Å². The lowest BCUT2D eigenvalue weighted by Crippen LogP contribution is -2.09. The molecule has 2 aromatic carbocycles. The summed E-state index contributed by atoms with van der Waals surface area (Å²) in [6, 6.07) is 9.72. The van der Waals surface area contributed by atoms with Gasteiger partial charge in [0.2, 0.25) is 5.91 Å². The maximum absolute atomic E-state index is 12.8. The predicted octanol–water partition coefficient (Wildman–Crippen LogP) is 5.90. The first-order chi connectivity index (χ1) is 14.2. The number of nitrogens with one attached hydrogen (secondary N) is 1. The molecule has 0 bridgehead atoms. The monoisotopic (exact) mass is 433 g/mol. The Kier molecular flexibility index (Phi) is 6.37. The topological polar surface area (TPSA) is 64.1 Å². The smallest absolute Gasteiger partial charge is 0.416 e. The second-order valence-corrected chi connectivity index (χ2v) is 6.57. The molecule has 0 saturated carbocycles. The van der Waals surface area contributed by atoms with Crippen molar-refractivity contribution in [2.45, 2.75) is 13.1 Å². The van der Waals surface area contributed by atoms with Crippen LogP contribution in [-0.4, -0.2) is 15.9 Å². The molecule has 0 radical (unpaired) electrons. The van der Waals surface area contributed by atoms with E-state index in [0.717, 1.165) is 24.3 Å². The Labute approximate surface area is 175 Å². The largest absolute Gasteiger partial charge is 0.424 e. The van der Waals surface area contributed by atoms with Gasteiger partial charge in [0.25, 0.3) is 0 Å². The molecule has 5 nitrogen and oxygen atoms in total. The van der Waals surface area contributed by atoms with Crippen LogP contribution >= 0.6 is 11.6 Å². The van der Waals surface area contributed by atoms with Crippen molar-refractivity contribution in [3.05, 3.63) is 82.6 Å². The third-order valence-electron chi connectivity index (χ3n) is 3.94. The van der Waals surface area contributed by atoms with Gasteiger partial charge in [0.05, 0.1) is 5.56 Å². The third kappa shape index (κ3) is 5.57. The summed E-state index contributed by atoms with van der Waals surface area (Å²) in [4.78, 5) is 20.1. The van der Waals surface area contributed by atoms with E-state index in [9.17, 15) is 18.0 Å². The van der Waals surface area contributed by atoms with Crippen LogP contribution < -0.4 is 10.1 Å². The minimum absolute atomic E-state index is 0.0879. The van der Waals surface area contributed by atoms with Crippen molar-refractivity contribution in [2.75, 3.05) is 5.32 Å². The van der Waals surface area contributed by atoms with Gasteiger partial charge in [-0.05, 0) is 66.6 Å². The SMILES string of the molecule is Cc1cc(Oc2ncccn2)ccc1NC(=O)C=Cc1cc(C(F)(F)F)ccc1Cl. The van der Waals surface area contributed by atoms with E-state index in [1.807, 2.05) is 0 Å². The molecule has 0 unspecified atom stereocenters. The molecule has 0 aliphatic carbocycles. The fourth-order valence-electron chi connectivity index (χ4n) is 2.47. The molecule has 0 aliphatic heterocycles. The second kappa shape index (κ2) is 8.96. The molecule has 0 spiro atoms. The van der Waals surface area contributed by atoms with E-state index in [0.29, 0.717) is 17.0 Å². The molecule has 154 valence electrons. The molecule has 1 heterocycles. The first-order valence-electron chi connectivity index (χ1n) is 8.64. The Balaban J connectivity index is 1.69. The van der Waals surface area contributed by atoms with Gasteiger partial charge in [-0.25, -0.2) is 9.97 Å². The van der Waals surface area contributed by atoms with Gasteiger partial charge >= 0.3 is 12.2 Å². The van der Waals surface area contributed by atoms with Crippen LogP contribution in [0.3, 0.4) is 0 Å². The molecular formula is C21H15ClF3N3O2. The number of nitrogens with zero attached hydrogens (tertiary/aromatic N) is 2. The number of anilines is 1. The second-order valence-electron chi connectivity index (χ2n) is 6.17. The summed E-state index contributed by atoms with van der Waals surface area (Å²) in [6.45, 7) is 1.77. The van der Waals surface area contributed by atoms with Crippen LogP contribution in [0.4, 0.5) is 18.9 Å². The van der Waals surface area contributed by atoms with Crippen LogP contribution in [0.25, 0.3) is 6.08 Å². The van der Waals surface area contributed by atoms with Crippen molar-refractivity contribution in [3.63, 3.8) is 0 Å². The highest BCUT2D eigenvalue weighted by molar-refractivity contribution is 6.32. The number of hydrogen-bond acceptors (Lipinski definition) is 4. The molecular weight excluding hydrogens is 419 g/mol. The van der Waals surface area contributed by atoms with Gasteiger partial charge in [0, 0.05) is 29.2 Å². The molecule has 1 amide bonds. The molecule has 0 aliphatic rings. The number of aromatic nitrogens is 2. The summed E-state index contributed by atoms with van der Waals surface area (Å²) in [5, 5.41) is 2.76. The lowest BCUT2D eigenvalue weighted by atomic mass is 10.1. The number of amides is 1. The van der Waals surface area contributed by atoms with E-state index in [1.165, 1.54) is 6.08 Å². The molecule has 0 atom stereocenters. The van der Waals surface area contributed by atoms with Crippen LogP contribution in [0.1, 0.15) is 16.7 Å². The van der Waals surface area contributed by atoms with Gasteiger partial charge in [-0.1, -0.05) is 11.6 Å². The van der Waals surface area contributed by atoms with Crippen molar-refractivity contribution in [3.8, 4) is 11.8 Å². The molecule has 1 N–H and O–H groups in total. The number of carbonyl (C=O) groups is 1. The van der Waals surface area contributed by atoms with Crippen molar-refractivity contribution in [1.29, 1.82) is 0 Å². The highest BCUT2D eigenvalue weighted by atomic mass is 35.5. The summed E-state index contributed by atoms with van der Waals surface area (Å²) in [5.74, 6) is -0.0328. The highest BCUT2D eigenvalue weighted by Gasteiger charge is 2.30. The number of ether oxygens (including phenoxy) is 1. The van der Waals surface area contributed by atoms with Crippen molar-refractivity contribution >= 4 is 29.3 Å². The lowest BCUT2D eigenvalue weighted by molar-refractivity contribution is -0.137. The average molecular weight is 434 g/mol. The van der Waals surface area contributed by atoms with Gasteiger partial charge in [-0.15, -0.1) is 0 Å². The van der Waals surface area contributed by atoms with E-state index in [2.05, 4.69) is 15.3 Å². The van der Waals surface area contributed by atoms with E-state index in [1.54, 1.807) is 43.6 Å². The maximum Gasteiger partial charge on any atom is 0.416 e. The van der Waals surface area contributed by atoms with Crippen molar-refractivity contribution in [2.24, 2.45) is 0 Å². The fourth-order valence-corrected chi connectivity index (χ4v) is 2.65. The number of alkyl halides is 3. The lowest BCUT2D eigenvalue weighted by Gasteiger charge is -2.10. The molecule has 0 fully saturated rings. The normalized spacial score (nSPS) is 11.5. The Morgan fingerprint density at radius 1 is 1.13 bits per heavy atom. The Bertz CT molecular complexity index is 1090. The quantitative estimate of drug-likeness (QED) is 0.509. The number of aryl methyl sites for hydroxylation is 1. The van der Waals surface area contributed by atoms with E-state index in [4.69, 9.17) is 16.3 Å². The summed E-state index contributed by atoms with van der Waals surface area (Å²) in [7, 11) is 0. The molecule has 1 aromatic heterocycles. The number of halogens is 4. The summed E-state index contributed by atoms with van der Waals surface area (Å²) in [5.41, 5.74) is 0.467. The van der Waals surface area contributed by atoms with Crippen LogP contribution in [0.2, 0.25) is 5.02 Å². The van der Waals surface area contributed by atoms with E-state index >= 15 is 0 Å². The Hall–Kier alpha value is -3.39. The molecule has 0 saturated heterocycles. The van der Waals surface area contributed by atoms with Crippen molar-refractivity contribution in [1.82, 2.24) is 9.97 Å². The number of hydrogen-bond donors (Lipinski definition) is 1. The fraction of sp³-hybridized carbons (Fsp3) is 0.0952. The van der Waals surface area contributed by atoms with Crippen LogP contribution in [-0.2, 0) is 11.0 Å². The highest BCUT2D eigenvalue weighted by Crippen LogP contribution is 2.32. The molecule has 3 rings (SSSR count). The minimum Gasteiger partial charge on any atom is -0.424 e. The molecule has 3 aromatic rings. The van der Waals surface area contributed by atoms with Crippen LogP contribution in [0.15, 0.2) is 60.9 Å². The van der Waals surface area contributed by atoms with Crippen LogP contribution in [0, 0.1) is 6.92 Å². The number of carbonyl (C=O) groups excluding carboxylic acids is 1. The Morgan fingerprint density at radius 2 is 1.87 bits per heavy atom. The first-order valence-corrected chi connectivity index (χ1v) is 9.01. The predicted molar refractivity (Wildman–Crippen MR) is 107 cm³/mol. The zero-order chi connectivity index (χ0) is 21.7. The van der Waals surface area contributed by atoms with E-state index in [-0.39, 0.29) is 16.6 Å². The van der Waals surface area contributed by atoms with Crippen LogP contribution in [0.5, 0.6) is 11.8 Å². The number of rotatable bonds is 5. The summed E-state index contributed by atoms with van der Waals surface area (Å²) < 4.78 is 44.0. The zero-order valence-corrected chi connectivity index (χ0v) is 16.3. The average Bonchev–Trinajstić information content (AvgIpc) is 2.69. The standard InChI is InChI=1S/C21H15ClF3N3O2/c1-13-11-16(30-20-26-9-2-10-27-20)5-7-18(13)28-19(29)8-3-14-12-15(21(23,24)25)4-6-17(14)22/h2-12H,1H3,(H,28,29). The third-order valence-corrected chi connectivity index (χ3v) is 4.29. The van der Waals surface area contributed by atoms with Crippen molar-refractivity contribution < 1.29 is 22.7 Å².